The highest BCUT2D eigenvalue weighted by atomic mass is 32.1. The van der Waals surface area contributed by atoms with E-state index < -0.39 is 0 Å². The van der Waals surface area contributed by atoms with Crippen molar-refractivity contribution in [3.8, 4) is 0 Å². The lowest BCUT2D eigenvalue weighted by molar-refractivity contribution is 0.682. The first-order valence-electron chi connectivity index (χ1n) is 4.44. The van der Waals surface area contributed by atoms with Crippen LogP contribution in [0.4, 0.5) is 0 Å². The molecule has 2 N–H and O–H groups in total. The zero-order valence-electron chi connectivity index (χ0n) is 7.95. The van der Waals surface area contributed by atoms with Crippen LogP contribution >= 0.6 is 11.3 Å². The van der Waals surface area contributed by atoms with Crippen LogP contribution < -0.4 is 5.32 Å². The van der Waals surface area contributed by atoms with Crippen LogP contribution in [0.15, 0.2) is 17.8 Å². The van der Waals surface area contributed by atoms with Gasteiger partial charge in [0.05, 0.1) is 16.9 Å². The molecule has 0 aliphatic rings. The lowest BCUT2D eigenvalue weighted by Gasteiger charge is -1.98. The SMILES string of the molecule is Cc1nc(CNCc2cn[nH]c2)cs1. The molecular weight excluding hydrogens is 196 g/mol. The molecule has 0 aliphatic carbocycles. The van der Waals surface area contributed by atoms with Crippen LogP contribution in [-0.2, 0) is 13.1 Å². The fraction of sp³-hybridized carbons (Fsp3) is 0.333. The highest BCUT2D eigenvalue weighted by Crippen LogP contribution is 2.07. The summed E-state index contributed by atoms with van der Waals surface area (Å²) in [5.41, 5.74) is 2.27. The molecule has 2 aromatic heterocycles. The topological polar surface area (TPSA) is 53.6 Å². The molecule has 0 saturated carbocycles. The Bertz CT molecular complexity index is 379. The second-order valence-electron chi connectivity index (χ2n) is 3.07. The number of nitrogens with one attached hydrogen (secondary N) is 2. The van der Waals surface area contributed by atoms with Crippen molar-refractivity contribution in [3.05, 3.63) is 34.0 Å². The fourth-order valence-corrected chi connectivity index (χ4v) is 1.81. The van der Waals surface area contributed by atoms with Crippen LogP contribution in [-0.4, -0.2) is 15.2 Å². The number of hydrogen-bond acceptors (Lipinski definition) is 4. The van der Waals surface area contributed by atoms with Crippen LogP contribution in [0.5, 0.6) is 0 Å². The van der Waals surface area contributed by atoms with Crippen molar-refractivity contribution in [2.45, 2.75) is 20.0 Å². The molecule has 0 spiro atoms. The maximum Gasteiger partial charge on any atom is 0.0897 e. The maximum absolute atomic E-state index is 4.36. The molecule has 14 heavy (non-hydrogen) atoms. The van der Waals surface area contributed by atoms with Gasteiger partial charge in [-0.1, -0.05) is 0 Å². The van der Waals surface area contributed by atoms with Gasteiger partial charge < -0.3 is 5.32 Å². The standard InChI is InChI=1S/C9H12N4S/c1-7-13-9(6-14-7)5-10-2-8-3-11-12-4-8/h3-4,6,10H,2,5H2,1H3,(H,11,12). The minimum absolute atomic E-state index is 0.815. The van der Waals surface area contributed by atoms with Gasteiger partial charge >= 0.3 is 0 Å². The van der Waals surface area contributed by atoms with Gasteiger partial charge in [-0.3, -0.25) is 5.10 Å². The van der Waals surface area contributed by atoms with Crippen molar-refractivity contribution < 1.29 is 0 Å². The van der Waals surface area contributed by atoms with Crippen LogP contribution in [0.25, 0.3) is 0 Å². The third kappa shape index (κ3) is 2.40. The maximum atomic E-state index is 4.36. The molecule has 5 heteroatoms. The summed E-state index contributed by atoms with van der Waals surface area (Å²) in [7, 11) is 0. The molecule has 0 atom stereocenters. The zero-order valence-corrected chi connectivity index (χ0v) is 8.77. The van der Waals surface area contributed by atoms with E-state index in [1.54, 1.807) is 11.3 Å². The zero-order chi connectivity index (χ0) is 9.80. The largest absolute Gasteiger partial charge is 0.307 e. The summed E-state index contributed by atoms with van der Waals surface area (Å²) in [4.78, 5) is 4.36. The Morgan fingerprint density at radius 1 is 1.50 bits per heavy atom. The molecule has 0 fully saturated rings. The third-order valence-electron chi connectivity index (χ3n) is 1.86. The lowest BCUT2D eigenvalue weighted by atomic mass is 10.3. The Kier molecular flexibility index (Phi) is 2.90. The second kappa shape index (κ2) is 4.34. The molecule has 0 unspecified atom stereocenters. The van der Waals surface area contributed by atoms with Crippen LogP contribution in [0, 0.1) is 6.92 Å². The summed E-state index contributed by atoms with van der Waals surface area (Å²) >= 11 is 1.68. The monoisotopic (exact) mass is 208 g/mol. The molecule has 0 saturated heterocycles. The summed E-state index contributed by atoms with van der Waals surface area (Å²) in [6.45, 7) is 3.66. The molecule has 0 aliphatic heterocycles. The van der Waals surface area contributed by atoms with Gasteiger partial charge in [0, 0.05) is 30.2 Å². The Morgan fingerprint density at radius 2 is 2.43 bits per heavy atom. The number of aryl methyl sites for hydroxylation is 1. The molecule has 0 amide bonds. The van der Waals surface area contributed by atoms with Crippen molar-refractivity contribution in [3.63, 3.8) is 0 Å². The molecular formula is C9H12N4S. The Balaban J connectivity index is 1.78. The van der Waals surface area contributed by atoms with Crippen LogP contribution in [0.2, 0.25) is 0 Å². The van der Waals surface area contributed by atoms with E-state index in [-0.39, 0.29) is 0 Å². The van der Waals surface area contributed by atoms with Gasteiger partial charge in [0.1, 0.15) is 0 Å². The lowest BCUT2D eigenvalue weighted by Crippen LogP contribution is -2.12. The molecule has 2 rings (SSSR count). The highest BCUT2D eigenvalue weighted by Gasteiger charge is 1.98. The van der Waals surface area contributed by atoms with Crippen molar-refractivity contribution in [1.29, 1.82) is 0 Å². The smallest absolute Gasteiger partial charge is 0.0897 e. The predicted octanol–water partition coefficient (Wildman–Crippen LogP) is 1.46. The average molecular weight is 208 g/mol. The summed E-state index contributed by atoms with van der Waals surface area (Å²) < 4.78 is 0. The van der Waals surface area contributed by atoms with Crippen molar-refractivity contribution in [2.75, 3.05) is 0 Å². The minimum Gasteiger partial charge on any atom is -0.307 e. The van der Waals surface area contributed by atoms with Gasteiger partial charge in [-0.25, -0.2) is 4.98 Å². The van der Waals surface area contributed by atoms with Crippen molar-refractivity contribution in [2.24, 2.45) is 0 Å². The normalized spacial score (nSPS) is 10.6. The van der Waals surface area contributed by atoms with E-state index in [1.807, 2.05) is 19.3 Å². The number of nitrogens with zero attached hydrogens (tertiary/aromatic N) is 2. The van der Waals surface area contributed by atoms with Gasteiger partial charge in [0.15, 0.2) is 0 Å². The molecule has 0 bridgehead atoms. The van der Waals surface area contributed by atoms with Crippen LogP contribution in [0.1, 0.15) is 16.3 Å². The molecule has 74 valence electrons. The number of thiazole rings is 1. The first-order valence-corrected chi connectivity index (χ1v) is 5.32. The van der Waals surface area contributed by atoms with E-state index >= 15 is 0 Å². The fourth-order valence-electron chi connectivity index (χ4n) is 1.20. The average Bonchev–Trinajstić information content (AvgIpc) is 2.77. The summed E-state index contributed by atoms with van der Waals surface area (Å²) in [6, 6.07) is 0. The van der Waals surface area contributed by atoms with E-state index in [2.05, 4.69) is 25.9 Å². The van der Waals surface area contributed by atoms with Gasteiger partial charge in [0.2, 0.25) is 0 Å². The number of aromatic amines is 1. The summed E-state index contributed by atoms with van der Waals surface area (Å²) in [5.74, 6) is 0. The number of rotatable bonds is 4. The predicted molar refractivity (Wildman–Crippen MR) is 56.0 cm³/mol. The second-order valence-corrected chi connectivity index (χ2v) is 4.13. The van der Waals surface area contributed by atoms with E-state index in [9.17, 15) is 0 Å². The van der Waals surface area contributed by atoms with Gasteiger partial charge in [-0.2, -0.15) is 5.10 Å². The van der Waals surface area contributed by atoms with Crippen molar-refractivity contribution in [1.82, 2.24) is 20.5 Å². The summed E-state index contributed by atoms with van der Waals surface area (Å²) in [6.07, 6.45) is 3.71. The third-order valence-corrected chi connectivity index (χ3v) is 2.68. The minimum atomic E-state index is 0.815. The number of aromatic nitrogens is 3. The Hall–Kier alpha value is -1.20. The highest BCUT2D eigenvalue weighted by molar-refractivity contribution is 7.09. The van der Waals surface area contributed by atoms with Crippen LogP contribution in [0.3, 0.4) is 0 Å². The number of H-pyrrole nitrogens is 1. The first-order chi connectivity index (χ1) is 6.84. The van der Waals surface area contributed by atoms with E-state index in [1.165, 1.54) is 0 Å². The van der Waals surface area contributed by atoms with Crippen molar-refractivity contribution >= 4 is 11.3 Å². The van der Waals surface area contributed by atoms with Gasteiger partial charge in [-0.15, -0.1) is 11.3 Å². The summed E-state index contributed by atoms with van der Waals surface area (Å²) in [5, 5.41) is 13.2. The van der Waals surface area contributed by atoms with E-state index in [4.69, 9.17) is 0 Å². The molecule has 0 radical (unpaired) electrons. The Labute approximate surface area is 86.4 Å². The van der Waals surface area contributed by atoms with Gasteiger partial charge in [0.25, 0.3) is 0 Å². The van der Waals surface area contributed by atoms with E-state index in [0.717, 1.165) is 29.4 Å². The molecule has 4 nitrogen and oxygen atoms in total. The number of hydrogen-bond donors (Lipinski definition) is 2. The molecule has 2 aromatic rings. The molecule has 0 aromatic carbocycles. The van der Waals surface area contributed by atoms with E-state index in [0.29, 0.717) is 0 Å². The Morgan fingerprint density at radius 3 is 3.07 bits per heavy atom. The quantitative estimate of drug-likeness (QED) is 0.800. The van der Waals surface area contributed by atoms with Gasteiger partial charge in [-0.05, 0) is 6.92 Å². The first kappa shape index (κ1) is 9.36. The molecule has 2 heterocycles.